The van der Waals surface area contributed by atoms with E-state index in [1.807, 2.05) is 0 Å². The zero-order valence-electron chi connectivity index (χ0n) is 8.68. The van der Waals surface area contributed by atoms with E-state index in [1.54, 1.807) is 0 Å². The van der Waals surface area contributed by atoms with Gasteiger partial charge in [-0.2, -0.15) is 0 Å². The normalized spacial score (nSPS) is 42.4. The predicted octanol–water partition coefficient (Wildman–Crippen LogP) is 1.47. The van der Waals surface area contributed by atoms with E-state index in [4.69, 9.17) is 5.41 Å². The van der Waals surface area contributed by atoms with Crippen LogP contribution in [0, 0.1) is 17.2 Å². The van der Waals surface area contributed by atoms with Crippen molar-refractivity contribution in [1.82, 2.24) is 10.6 Å². The lowest BCUT2D eigenvalue weighted by molar-refractivity contribution is 0.196. The second-order valence-corrected chi connectivity index (χ2v) is 4.73. The SMILES string of the molecule is CC1CCC2(CC1C)NC(=O)NC2=N. The summed E-state index contributed by atoms with van der Waals surface area (Å²) in [5.41, 5.74) is -0.372. The van der Waals surface area contributed by atoms with Crippen molar-refractivity contribution in [3.63, 3.8) is 0 Å². The zero-order chi connectivity index (χ0) is 10.3. The summed E-state index contributed by atoms with van der Waals surface area (Å²) in [6, 6.07) is -0.211. The minimum absolute atomic E-state index is 0.211. The topological polar surface area (TPSA) is 65.0 Å². The Labute approximate surface area is 84.0 Å². The van der Waals surface area contributed by atoms with Gasteiger partial charge in [0.2, 0.25) is 0 Å². The van der Waals surface area contributed by atoms with Gasteiger partial charge in [0.25, 0.3) is 0 Å². The Balaban J connectivity index is 2.18. The molecule has 3 unspecified atom stereocenters. The monoisotopic (exact) mass is 195 g/mol. The molecule has 3 N–H and O–H groups in total. The van der Waals surface area contributed by atoms with Crippen molar-refractivity contribution in [2.24, 2.45) is 11.8 Å². The average molecular weight is 195 g/mol. The molecule has 2 fully saturated rings. The maximum Gasteiger partial charge on any atom is 0.321 e. The van der Waals surface area contributed by atoms with Crippen molar-refractivity contribution in [3.8, 4) is 0 Å². The maximum atomic E-state index is 11.2. The van der Waals surface area contributed by atoms with E-state index in [0.29, 0.717) is 17.7 Å². The quantitative estimate of drug-likeness (QED) is 0.538. The van der Waals surface area contributed by atoms with E-state index in [1.165, 1.54) is 0 Å². The fourth-order valence-corrected chi connectivity index (χ4v) is 2.50. The Morgan fingerprint density at radius 1 is 1.43 bits per heavy atom. The molecule has 0 aromatic rings. The van der Waals surface area contributed by atoms with Crippen LogP contribution in [-0.4, -0.2) is 17.4 Å². The van der Waals surface area contributed by atoms with E-state index in [2.05, 4.69) is 24.5 Å². The Morgan fingerprint density at radius 3 is 2.64 bits per heavy atom. The highest BCUT2D eigenvalue weighted by Crippen LogP contribution is 2.37. The molecule has 1 saturated carbocycles. The molecule has 0 aromatic heterocycles. The summed E-state index contributed by atoms with van der Waals surface area (Å²) in [5, 5.41) is 13.2. The van der Waals surface area contributed by atoms with E-state index >= 15 is 0 Å². The minimum Gasteiger partial charge on any atom is -0.325 e. The van der Waals surface area contributed by atoms with Crippen molar-refractivity contribution in [3.05, 3.63) is 0 Å². The predicted molar refractivity (Wildman–Crippen MR) is 54.3 cm³/mol. The fourth-order valence-electron chi connectivity index (χ4n) is 2.50. The third-order valence-electron chi connectivity index (χ3n) is 3.74. The second kappa shape index (κ2) is 2.97. The molecule has 1 heterocycles. The van der Waals surface area contributed by atoms with E-state index in [9.17, 15) is 4.79 Å². The standard InChI is InChI=1S/C10H17N3O/c1-6-3-4-10(5-7(6)2)8(11)12-9(14)13-10/h6-7H,3-5H2,1-2H3,(H3,11,12,13,14). The molecule has 78 valence electrons. The number of amides is 2. The number of carbonyl (C=O) groups excluding carboxylic acids is 1. The maximum absolute atomic E-state index is 11.2. The van der Waals surface area contributed by atoms with Crippen LogP contribution in [0.15, 0.2) is 0 Å². The van der Waals surface area contributed by atoms with Crippen LogP contribution in [0.3, 0.4) is 0 Å². The molecule has 1 aliphatic heterocycles. The van der Waals surface area contributed by atoms with Crippen molar-refractivity contribution in [2.45, 2.75) is 38.6 Å². The molecule has 2 amide bonds. The van der Waals surface area contributed by atoms with Crippen LogP contribution in [0.2, 0.25) is 0 Å². The lowest BCUT2D eigenvalue weighted by Gasteiger charge is -2.38. The van der Waals surface area contributed by atoms with Crippen molar-refractivity contribution < 1.29 is 4.79 Å². The molecule has 4 nitrogen and oxygen atoms in total. The molecule has 0 radical (unpaired) electrons. The number of hydrogen-bond donors (Lipinski definition) is 3. The highest BCUT2D eigenvalue weighted by Gasteiger charge is 2.46. The number of amidine groups is 1. The fraction of sp³-hybridized carbons (Fsp3) is 0.800. The largest absolute Gasteiger partial charge is 0.325 e. The zero-order valence-corrected chi connectivity index (χ0v) is 8.68. The first-order chi connectivity index (χ1) is 6.53. The number of rotatable bonds is 0. The Morgan fingerprint density at radius 2 is 2.14 bits per heavy atom. The summed E-state index contributed by atoms with van der Waals surface area (Å²) in [6.07, 6.45) is 2.88. The molecule has 3 atom stereocenters. The lowest BCUT2D eigenvalue weighted by Crippen LogP contribution is -2.51. The summed E-state index contributed by atoms with van der Waals surface area (Å²) in [6.45, 7) is 4.44. The van der Waals surface area contributed by atoms with Crippen LogP contribution in [0.4, 0.5) is 4.79 Å². The smallest absolute Gasteiger partial charge is 0.321 e. The van der Waals surface area contributed by atoms with Crippen LogP contribution >= 0.6 is 0 Å². The molecule has 0 bridgehead atoms. The molecule has 2 rings (SSSR count). The summed E-state index contributed by atoms with van der Waals surface area (Å²) >= 11 is 0. The van der Waals surface area contributed by atoms with Gasteiger partial charge in [-0.3, -0.25) is 10.7 Å². The number of nitrogens with one attached hydrogen (secondary N) is 3. The van der Waals surface area contributed by atoms with Crippen LogP contribution in [0.5, 0.6) is 0 Å². The Bertz CT molecular complexity index is 289. The van der Waals surface area contributed by atoms with Crippen molar-refractivity contribution in [1.29, 1.82) is 5.41 Å². The van der Waals surface area contributed by atoms with Gasteiger partial charge in [-0.25, -0.2) is 4.79 Å². The van der Waals surface area contributed by atoms with Crippen LogP contribution in [0.25, 0.3) is 0 Å². The first-order valence-electron chi connectivity index (χ1n) is 5.22. The van der Waals surface area contributed by atoms with Crippen molar-refractivity contribution >= 4 is 11.9 Å². The molecule has 4 heteroatoms. The summed E-state index contributed by atoms with van der Waals surface area (Å²) in [7, 11) is 0. The summed E-state index contributed by atoms with van der Waals surface area (Å²) in [4.78, 5) is 11.2. The van der Waals surface area contributed by atoms with Gasteiger partial charge < -0.3 is 5.32 Å². The van der Waals surface area contributed by atoms with Gasteiger partial charge in [-0.1, -0.05) is 13.8 Å². The molecule has 1 spiro atoms. The van der Waals surface area contributed by atoms with Gasteiger partial charge in [-0.05, 0) is 31.1 Å². The molecular weight excluding hydrogens is 178 g/mol. The number of urea groups is 1. The van der Waals surface area contributed by atoms with E-state index < -0.39 is 0 Å². The van der Waals surface area contributed by atoms with Gasteiger partial charge in [0.05, 0.1) is 5.54 Å². The first kappa shape index (κ1) is 9.49. The van der Waals surface area contributed by atoms with Gasteiger partial charge in [0.15, 0.2) is 0 Å². The number of hydrogen-bond acceptors (Lipinski definition) is 2. The molecular formula is C10H17N3O. The van der Waals surface area contributed by atoms with Crippen molar-refractivity contribution in [2.75, 3.05) is 0 Å². The van der Waals surface area contributed by atoms with E-state index in [0.717, 1.165) is 19.3 Å². The Kier molecular flexibility index (Phi) is 2.01. The molecule has 2 aliphatic rings. The lowest BCUT2D eigenvalue weighted by atomic mass is 9.71. The number of carbonyl (C=O) groups is 1. The summed E-state index contributed by atoms with van der Waals surface area (Å²) < 4.78 is 0. The van der Waals surface area contributed by atoms with E-state index in [-0.39, 0.29) is 11.6 Å². The summed E-state index contributed by atoms with van der Waals surface area (Å²) in [5.74, 6) is 1.64. The van der Waals surface area contributed by atoms with Crippen LogP contribution < -0.4 is 10.6 Å². The van der Waals surface area contributed by atoms with Gasteiger partial charge >= 0.3 is 6.03 Å². The third-order valence-corrected chi connectivity index (χ3v) is 3.74. The Hall–Kier alpha value is -1.06. The van der Waals surface area contributed by atoms with Crippen LogP contribution in [0.1, 0.15) is 33.1 Å². The highest BCUT2D eigenvalue weighted by atomic mass is 16.2. The van der Waals surface area contributed by atoms with Gasteiger partial charge in [0.1, 0.15) is 5.84 Å². The van der Waals surface area contributed by atoms with Gasteiger partial charge in [0, 0.05) is 0 Å². The highest BCUT2D eigenvalue weighted by molar-refractivity contribution is 6.08. The molecule has 14 heavy (non-hydrogen) atoms. The second-order valence-electron chi connectivity index (χ2n) is 4.73. The molecule has 1 aliphatic carbocycles. The first-order valence-corrected chi connectivity index (χ1v) is 5.22. The van der Waals surface area contributed by atoms with Gasteiger partial charge in [-0.15, -0.1) is 0 Å². The minimum atomic E-state index is -0.372. The molecule has 1 saturated heterocycles. The average Bonchev–Trinajstić information content (AvgIpc) is 2.36. The van der Waals surface area contributed by atoms with Crippen LogP contribution in [-0.2, 0) is 0 Å². The molecule has 0 aromatic carbocycles. The third kappa shape index (κ3) is 1.29.